The van der Waals surface area contributed by atoms with Gasteiger partial charge in [-0.15, -0.1) is 0 Å². The Balaban J connectivity index is 3.12. The number of rotatable bonds is 2. The second-order valence-corrected chi connectivity index (χ2v) is 4.12. The fourth-order valence-corrected chi connectivity index (χ4v) is 1.85. The molecular formula is C9H12O3P+. The van der Waals surface area contributed by atoms with Gasteiger partial charge in [-0.1, -0.05) is 11.6 Å². The second-order valence-electron chi connectivity index (χ2n) is 3.10. The molecule has 0 saturated carbocycles. The molecule has 1 aromatic carbocycles. The van der Waals surface area contributed by atoms with E-state index in [0.717, 1.165) is 11.1 Å². The van der Waals surface area contributed by atoms with E-state index >= 15 is 0 Å². The maximum absolute atomic E-state index is 10.6. The van der Waals surface area contributed by atoms with E-state index in [-0.39, 0.29) is 11.9 Å². The van der Waals surface area contributed by atoms with Crippen LogP contribution in [0.5, 0.6) is 5.75 Å². The fraction of sp³-hybridized carbons (Fsp3) is 0.333. The number of aryl methyl sites for hydroxylation is 2. The van der Waals surface area contributed by atoms with Crippen LogP contribution in [-0.2, 0) is 10.7 Å². The zero-order valence-electron chi connectivity index (χ0n) is 7.61. The molecule has 0 aromatic heterocycles. The zero-order chi connectivity index (χ0) is 10.0. The van der Waals surface area contributed by atoms with Crippen LogP contribution in [0.25, 0.3) is 0 Å². The van der Waals surface area contributed by atoms with Crippen molar-refractivity contribution in [1.29, 1.82) is 0 Å². The Bertz CT molecular complexity index is 347. The van der Waals surface area contributed by atoms with Gasteiger partial charge in [-0.25, -0.2) is 0 Å². The van der Waals surface area contributed by atoms with Crippen LogP contribution in [0.1, 0.15) is 16.7 Å². The molecule has 0 heterocycles. The lowest BCUT2D eigenvalue weighted by molar-refractivity contribution is 0.462. The van der Waals surface area contributed by atoms with Gasteiger partial charge >= 0.3 is 8.03 Å². The van der Waals surface area contributed by atoms with E-state index in [1.54, 1.807) is 13.0 Å². The van der Waals surface area contributed by atoms with E-state index in [1.165, 1.54) is 0 Å². The molecule has 3 nitrogen and oxygen atoms in total. The number of phenolic OH excluding ortho intramolecular Hbond substituents is 1. The van der Waals surface area contributed by atoms with Gasteiger partial charge in [0.05, 0.1) is 0 Å². The van der Waals surface area contributed by atoms with Crippen LogP contribution in [-0.4, -0.2) is 10.00 Å². The topological polar surface area (TPSA) is 57.5 Å². The van der Waals surface area contributed by atoms with Crippen molar-refractivity contribution in [1.82, 2.24) is 0 Å². The summed E-state index contributed by atoms with van der Waals surface area (Å²) in [5.41, 5.74) is 2.27. The quantitative estimate of drug-likeness (QED) is 0.718. The molecule has 4 heteroatoms. The Hall–Kier alpha value is -0.920. The molecule has 0 spiro atoms. The van der Waals surface area contributed by atoms with Crippen molar-refractivity contribution in [3.63, 3.8) is 0 Å². The first-order valence-electron chi connectivity index (χ1n) is 3.93. The van der Waals surface area contributed by atoms with Crippen LogP contribution < -0.4 is 0 Å². The summed E-state index contributed by atoms with van der Waals surface area (Å²) >= 11 is 0. The fourth-order valence-electron chi connectivity index (χ4n) is 1.31. The van der Waals surface area contributed by atoms with Gasteiger partial charge in [-0.05, 0) is 30.0 Å². The predicted molar refractivity (Wildman–Crippen MR) is 51.1 cm³/mol. The third kappa shape index (κ3) is 2.51. The molecule has 1 unspecified atom stereocenters. The Morgan fingerprint density at radius 1 is 1.38 bits per heavy atom. The molecule has 0 aliphatic rings. The molecule has 0 amide bonds. The number of aromatic hydroxyl groups is 1. The van der Waals surface area contributed by atoms with E-state index in [1.807, 2.05) is 13.0 Å². The molecule has 1 rings (SSSR count). The van der Waals surface area contributed by atoms with Crippen LogP contribution in [0.3, 0.4) is 0 Å². The van der Waals surface area contributed by atoms with E-state index in [2.05, 4.69) is 0 Å². The Morgan fingerprint density at radius 2 is 2.00 bits per heavy atom. The summed E-state index contributed by atoms with van der Waals surface area (Å²) < 4.78 is 10.6. The minimum atomic E-state index is -2.23. The van der Waals surface area contributed by atoms with E-state index in [9.17, 15) is 9.67 Å². The van der Waals surface area contributed by atoms with E-state index in [0.29, 0.717) is 5.56 Å². The summed E-state index contributed by atoms with van der Waals surface area (Å²) in [6.45, 7) is 3.66. The Morgan fingerprint density at radius 3 is 2.54 bits per heavy atom. The first-order valence-corrected chi connectivity index (χ1v) is 5.33. The van der Waals surface area contributed by atoms with Crippen molar-refractivity contribution in [2.45, 2.75) is 20.0 Å². The van der Waals surface area contributed by atoms with Crippen molar-refractivity contribution in [3.05, 3.63) is 28.8 Å². The average Bonchev–Trinajstić information content (AvgIpc) is 1.98. The molecule has 70 valence electrons. The van der Waals surface area contributed by atoms with Gasteiger partial charge in [0.1, 0.15) is 5.75 Å². The molecule has 13 heavy (non-hydrogen) atoms. The maximum atomic E-state index is 10.6. The van der Waals surface area contributed by atoms with Crippen molar-refractivity contribution in [2.75, 3.05) is 0 Å². The SMILES string of the molecule is Cc1cc(C)c(O)c(C[P+](=O)O)c1. The van der Waals surface area contributed by atoms with Gasteiger partial charge in [0.25, 0.3) is 0 Å². The lowest BCUT2D eigenvalue weighted by atomic mass is 10.1. The smallest absolute Gasteiger partial charge is 0.507 e. The highest BCUT2D eigenvalue weighted by Gasteiger charge is 2.16. The summed E-state index contributed by atoms with van der Waals surface area (Å²) in [5.74, 6) is 0.128. The highest BCUT2D eigenvalue weighted by molar-refractivity contribution is 7.37. The number of hydrogen-bond donors (Lipinski definition) is 2. The van der Waals surface area contributed by atoms with Crippen molar-refractivity contribution < 1.29 is 14.6 Å². The van der Waals surface area contributed by atoms with Crippen molar-refractivity contribution >= 4 is 8.03 Å². The zero-order valence-corrected chi connectivity index (χ0v) is 8.51. The lowest BCUT2D eigenvalue weighted by Crippen LogP contribution is -1.87. The molecule has 0 radical (unpaired) electrons. The van der Waals surface area contributed by atoms with Gasteiger partial charge in [0, 0.05) is 5.56 Å². The lowest BCUT2D eigenvalue weighted by Gasteiger charge is -2.03. The third-order valence-corrected chi connectivity index (χ3v) is 2.44. The van der Waals surface area contributed by atoms with Crippen molar-refractivity contribution in [2.24, 2.45) is 0 Å². The average molecular weight is 199 g/mol. The van der Waals surface area contributed by atoms with Gasteiger partial charge in [-0.3, -0.25) is 0 Å². The molecule has 0 fully saturated rings. The first-order chi connectivity index (χ1) is 6.00. The summed E-state index contributed by atoms with van der Waals surface area (Å²) in [5, 5.41) is 9.53. The molecule has 0 aliphatic carbocycles. The maximum Gasteiger partial charge on any atom is 0.510 e. The molecule has 2 N–H and O–H groups in total. The largest absolute Gasteiger partial charge is 0.510 e. The highest BCUT2D eigenvalue weighted by Crippen LogP contribution is 2.30. The minimum absolute atomic E-state index is 0.0175. The molecule has 1 atom stereocenters. The molecular weight excluding hydrogens is 187 g/mol. The van der Waals surface area contributed by atoms with Crippen molar-refractivity contribution in [3.8, 4) is 5.75 Å². The summed E-state index contributed by atoms with van der Waals surface area (Å²) in [6.07, 6.45) is 0.0175. The van der Waals surface area contributed by atoms with Crippen LogP contribution in [0, 0.1) is 13.8 Å². The van der Waals surface area contributed by atoms with Crippen LogP contribution in [0.2, 0.25) is 0 Å². The molecule has 1 aromatic rings. The van der Waals surface area contributed by atoms with Crippen LogP contribution >= 0.6 is 8.03 Å². The number of phenols is 1. The second kappa shape index (κ2) is 3.86. The molecule has 0 aliphatic heterocycles. The number of benzene rings is 1. The standard InChI is InChI=1S/C9H11O3P/c1-6-3-7(2)9(10)8(4-6)5-13(11)12/h3-4H,5H2,1-2H3,(H-,10,11,12)/p+1. The molecule has 0 saturated heterocycles. The van der Waals surface area contributed by atoms with Crippen LogP contribution in [0.4, 0.5) is 0 Å². The van der Waals surface area contributed by atoms with Crippen LogP contribution in [0.15, 0.2) is 12.1 Å². The summed E-state index contributed by atoms with van der Waals surface area (Å²) in [6, 6.07) is 3.56. The number of hydrogen-bond acceptors (Lipinski definition) is 2. The van der Waals surface area contributed by atoms with E-state index < -0.39 is 8.03 Å². The minimum Gasteiger partial charge on any atom is -0.507 e. The Kier molecular flexibility index (Phi) is 3.02. The highest BCUT2D eigenvalue weighted by atomic mass is 31.1. The van der Waals surface area contributed by atoms with Gasteiger partial charge in [0.2, 0.25) is 6.16 Å². The van der Waals surface area contributed by atoms with Gasteiger partial charge in [0.15, 0.2) is 0 Å². The van der Waals surface area contributed by atoms with Gasteiger partial charge < -0.3 is 5.11 Å². The normalized spacial score (nSPS) is 11.5. The Labute approximate surface area is 77.9 Å². The summed E-state index contributed by atoms with van der Waals surface area (Å²) in [4.78, 5) is 8.71. The predicted octanol–water partition coefficient (Wildman–Crippen LogP) is 2.24. The first kappa shape index (κ1) is 10.2. The third-order valence-electron chi connectivity index (χ3n) is 1.83. The van der Waals surface area contributed by atoms with E-state index in [4.69, 9.17) is 4.89 Å². The van der Waals surface area contributed by atoms with Gasteiger partial charge in [-0.2, -0.15) is 4.89 Å². The summed E-state index contributed by atoms with van der Waals surface area (Å²) in [7, 11) is -2.23. The monoisotopic (exact) mass is 199 g/mol. The molecule has 0 bridgehead atoms.